The first-order valence-corrected chi connectivity index (χ1v) is 23.6. The number of benzene rings is 4. The van der Waals surface area contributed by atoms with Crippen LogP contribution in [0.25, 0.3) is 0 Å². The molecule has 0 saturated heterocycles. The van der Waals surface area contributed by atoms with Crippen molar-refractivity contribution in [2.45, 2.75) is 122 Å². The van der Waals surface area contributed by atoms with Gasteiger partial charge in [-0.1, -0.05) is 138 Å². The Morgan fingerprint density at radius 2 is 0.938 bits per heavy atom. The molecule has 0 saturated carbocycles. The highest BCUT2D eigenvalue weighted by Crippen LogP contribution is 2.27. The van der Waals surface area contributed by atoms with Gasteiger partial charge in [0.2, 0.25) is 23.6 Å². The summed E-state index contributed by atoms with van der Waals surface area (Å²) in [7, 11) is 0. The van der Waals surface area contributed by atoms with E-state index in [1.54, 1.807) is 0 Å². The summed E-state index contributed by atoms with van der Waals surface area (Å²) in [5.74, 6) is -2.76. The van der Waals surface area contributed by atoms with Crippen LogP contribution in [-0.2, 0) is 44.9 Å². The number of amides is 4. The first kappa shape index (κ1) is 47.8. The molecule has 2 aliphatic heterocycles. The molecule has 4 amide bonds. The van der Waals surface area contributed by atoms with E-state index in [9.17, 15) is 24.3 Å². The second-order valence-electron chi connectivity index (χ2n) is 18.2. The first-order chi connectivity index (χ1) is 31.0. The van der Waals surface area contributed by atoms with Gasteiger partial charge in [-0.15, -0.1) is 0 Å². The summed E-state index contributed by atoms with van der Waals surface area (Å²) >= 11 is 0. The largest absolute Gasteiger partial charge is 0.393 e. The van der Waals surface area contributed by atoms with Gasteiger partial charge in [0.1, 0.15) is 12.1 Å². The van der Waals surface area contributed by atoms with E-state index in [4.69, 9.17) is 0 Å². The molecule has 4 aromatic carbocycles. The average Bonchev–Trinajstić information content (AvgIpc) is 3.32. The van der Waals surface area contributed by atoms with E-state index in [0.29, 0.717) is 38.8 Å². The number of fused-ring (bicyclic) bond motifs is 2. The van der Waals surface area contributed by atoms with E-state index < -0.39 is 30.0 Å². The van der Waals surface area contributed by atoms with Crippen molar-refractivity contribution in [2.24, 2.45) is 23.7 Å². The van der Waals surface area contributed by atoms with E-state index in [1.807, 2.05) is 113 Å². The third kappa shape index (κ3) is 13.7. The molecule has 3 unspecified atom stereocenters. The lowest BCUT2D eigenvalue weighted by Gasteiger charge is -2.31. The number of carbonyl (C=O) groups is 4. The van der Waals surface area contributed by atoms with Crippen LogP contribution in [0.2, 0.25) is 0 Å². The number of hydrogen-bond acceptors (Lipinski definition) is 7. The molecule has 2 aliphatic rings. The molecule has 64 heavy (non-hydrogen) atoms. The summed E-state index contributed by atoms with van der Waals surface area (Å²) < 4.78 is 0. The van der Waals surface area contributed by atoms with Crippen LogP contribution >= 0.6 is 0 Å². The SMILES string of the molecule is CC[C@H](C)[C@H](NC(=O)[C@@H](Cc1ccccc1)CC(O)C[C@@H](Cc1ccccc1)C(=O)N[C@@H](C(=O)NCC1CCc2ccccc2N1)[C@@H](C)CC)C(=O)NCC1CCc2ccccc2N1. The molecular formula is C53H70N6O5. The van der Waals surface area contributed by atoms with Crippen molar-refractivity contribution in [1.82, 2.24) is 21.3 Å². The molecule has 4 aromatic rings. The summed E-state index contributed by atoms with van der Waals surface area (Å²) in [6.45, 7) is 8.79. The Kier molecular flexibility index (Phi) is 17.8. The monoisotopic (exact) mass is 871 g/mol. The molecule has 342 valence electrons. The summed E-state index contributed by atoms with van der Waals surface area (Å²) in [5.41, 5.74) is 6.55. The second-order valence-corrected chi connectivity index (χ2v) is 18.2. The number of nitrogens with one attached hydrogen (secondary N) is 6. The fourth-order valence-electron chi connectivity index (χ4n) is 9.04. The fraction of sp³-hybridized carbons (Fsp3) is 0.472. The zero-order chi connectivity index (χ0) is 45.4. The van der Waals surface area contributed by atoms with Crippen molar-refractivity contribution >= 4 is 35.0 Å². The summed E-state index contributed by atoms with van der Waals surface area (Å²) in [4.78, 5) is 56.5. The Morgan fingerprint density at radius 1 is 0.562 bits per heavy atom. The predicted molar refractivity (Wildman–Crippen MR) is 256 cm³/mol. The van der Waals surface area contributed by atoms with E-state index in [1.165, 1.54) is 11.1 Å². The molecule has 7 N–H and O–H groups in total. The zero-order valence-electron chi connectivity index (χ0n) is 38.2. The number of anilines is 2. The third-order valence-electron chi connectivity index (χ3n) is 13.4. The maximum atomic E-state index is 14.4. The topological polar surface area (TPSA) is 161 Å². The number of aryl methyl sites for hydroxylation is 2. The van der Waals surface area contributed by atoms with Crippen LogP contribution in [0.3, 0.4) is 0 Å². The first-order valence-electron chi connectivity index (χ1n) is 23.6. The van der Waals surface area contributed by atoms with Crippen LogP contribution in [-0.4, -0.2) is 72.1 Å². The van der Waals surface area contributed by atoms with Gasteiger partial charge in [0.25, 0.3) is 0 Å². The molecular weight excluding hydrogens is 801 g/mol. The third-order valence-corrected chi connectivity index (χ3v) is 13.4. The standard InChI is InChI=1S/C53H70N6O5/c1-5-35(3)48(52(63)54-33-43-27-25-39-21-13-15-23-46(39)56-43)58-50(61)41(29-37-17-9-7-10-18-37)31-45(60)32-42(30-38-19-11-8-12-20-38)51(62)59-49(36(4)6-2)53(64)55-34-44-28-26-40-22-14-16-24-47(40)57-44/h7-24,35-36,41-45,48-49,56-57,60H,5-6,25-34H2,1-4H3,(H,54,63)(H,55,64)(H,58,61)(H,59,62)/t35-,36-,41-,42+,43?,44?,45?,48-,49+/m0/s1. The highest BCUT2D eigenvalue weighted by atomic mass is 16.3. The summed E-state index contributed by atoms with van der Waals surface area (Å²) in [5, 5.41) is 31.4. The minimum absolute atomic E-state index is 0.0709. The van der Waals surface area contributed by atoms with Crippen LogP contribution in [0.15, 0.2) is 109 Å². The van der Waals surface area contributed by atoms with Gasteiger partial charge in [-0.2, -0.15) is 0 Å². The molecule has 0 bridgehead atoms. The lowest BCUT2D eigenvalue weighted by Crippen LogP contribution is -2.54. The van der Waals surface area contributed by atoms with Crippen molar-refractivity contribution in [3.05, 3.63) is 131 Å². The van der Waals surface area contributed by atoms with Crippen LogP contribution < -0.4 is 31.9 Å². The molecule has 0 aromatic heterocycles. The van der Waals surface area contributed by atoms with E-state index in [2.05, 4.69) is 56.2 Å². The highest BCUT2D eigenvalue weighted by Gasteiger charge is 2.34. The van der Waals surface area contributed by atoms with Gasteiger partial charge < -0.3 is 37.0 Å². The fourth-order valence-corrected chi connectivity index (χ4v) is 9.04. The van der Waals surface area contributed by atoms with Crippen LogP contribution in [0, 0.1) is 23.7 Å². The molecule has 0 aliphatic carbocycles. The molecule has 11 heteroatoms. The Bertz CT molecular complexity index is 1970. The summed E-state index contributed by atoms with van der Waals surface area (Å²) in [6.07, 6.45) is 4.78. The molecule has 6 rings (SSSR count). The number of para-hydroxylation sites is 2. The van der Waals surface area contributed by atoms with E-state index >= 15 is 0 Å². The van der Waals surface area contributed by atoms with Gasteiger partial charge in [-0.25, -0.2) is 0 Å². The Morgan fingerprint density at radius 3 is 1.33 bits per heavy atom. The summed E-state index contributed by atoms with van der Waals surface area (Å²) in [6, 6.07) is 34.4. The number of carbonyl (C=O) groups excluding carboxylic acids is 4. The molecule has 0 fully saturated rings. The molecule has 0 radical (unpaired) electrons. The van der Waals surface area contributed by atoms with Crippen molar-refractivity contribution < 1.29 is 24.3 Å². The smallest absolute Gasteiger partial charge is 0.242 e. The second kappa shape index (κ2) is 23.8. The van der Waals surface area contributed by atoms with Gasteiger partial charge in [-0.05, 0) is 97.6 Å². The Hall–Kier alpha value is -5.68. The molecule has 9 atom stereocenters. The lowest BCUT2D eigenvalue weighted by atomic mass is 9.86. The van der Waals surface area contributed by atoms with Crippen molar-refractivity contribution in [2.75, 3.05) is 23.7 Å². The minimum Gasteiger partial charge on any atom is -0.393 e. The number of aliphatic hydroxyl groups is 1. The van der Waals surface area contributed by atoms with Crippen molar-refractivity contribution in [3.63, 3.8) is 0 Å². The highest BCUT2D eigenvalue weighted by molar-refractivity contribution is 5.90. The maximum absolute atomic E-state index is 14.4. The van der Waals surface area contributed by atoms with Crippen LogP contribution in [0.4, 0.5) is 11.4 Å². The Labute approximate surface area is 380 Å². The minimum atomic E-state index is -1.04. The van der Waals surface area contributed by atoms with Gasteiger partial charge in [0, 0.05) is 48.4 Å². The quantitative estimate of drug-likeness (QED) is 0.0448. The average molecular weight is 871 g/mol. The van der Waals surface area contributed by atoms with E-state index in [-0.39, 0.29) is 60.4 Å². The predicted octanol–water partition coefficient (Wildman–Crippen LogP) is 6.99. The van der Waals surface area contributed by atoms with Gasteiger partial charge >= 0.3 is 0 Å². The normalized spacial score (nSPS) is 18.7. The van der Waals surface area contributed by atoms with E-state index in [0.717, 1.165) is 48.2 Å². The molecule has 0 spiro atoms. The number of rotatable bonds is 22. The number of aliphatic hydroxyl groups excluding tert-OH is 1. The molecule has 11 nitrogen and oxygen atoms in total. The maximum Gasteiger partial charge on any atom is 0.242 e. The van der Waals surface area contributed by atoms with Crippen LogP contribution in [0.1, 0.15) is 88.5 Å². The van der Waals surface area contributed by atoms with Crippen molar-refractivity contribution in [3.8, 4) is 0 Å². The van der Waals surface area contributed by atoms with Crippen LogP contribution in [0.5, 0.6) is 0 Å². The number of hydrogen-bond donors (Lipinski definition) is 7. The van der Waals surface area contributed by atoms with Crippen molar-refractivity contribution in [1.29, 1.82) is 0 Å². The van der Waals surface area contributed by atoms with Gasteiger partial charge in [0.05, 0.1) is 6.10 Å². The molecule has 2 heterocycles. The van der Waals surface area contributed by atoms with Gasteiger partial charge in [-0.3, -0.25) is 19.2 Å². The lowest BCUT2D eigenvalue weighted by molar-refractivity contribution is -0.134. The van der Waals surface area contributed by atoms with Gasteiger partial charge in [0.15, 0.2) is 0 Å². The Balaban J connectivity index is 1.13. The zero-order valence-corrected chi connectivity index (χ0v) is 38.2.